The van der Waals surface area contributed by atoms with Gasteiger partial charge >= 0.3 is 6.03 Å². The fourth-order valence-electron chi connectivity index (χ4n) is 2.02. The molecule has 6 nitrogen and oxygen atoms in total. The number of rotatable bonds is 3. The summed E-state index contributed by atoms with van der Waals surface area (Å²) in [6.45, 7) is 1.67. The Morgan fingerprint density at radius 1 is 1.04 bits per heavy atom. The number of carbonyl (C=O) groups excluding carboxylic acids is 1. The quantitative estimate of drug-likeness (QED) is 0.761. The van der Waals surface area contributed by atoms with Crippen LogP contribution in [-0.4, -0.2) is 16.2 Å². The summed E-state index contributed by atoms with van der Waals surface area (Å²) in [4.78, 5) is 16.0. The molecule has 0 saturated heterocycles. The topological polar surface area (TPSA) is 80.0 Å². The van der Waals surface area contributed by atoms with Crippen LogP contribution < -0.4 is 10.6 Å². The van der Waals surface area contributed by atoms with E-state index < -0.39 is 17.7 Å². The van der Waals surface area contributed by atoms with Gasteiger partial charge < -0.3 is 15.2 Å². The molecule has 0 fully saturated rings. The lowest BCUT2D eigenvalue weighted by molar-refractivity contribution is 0.262. The van der Waals surface area contributed by atoms with E-state index in [0.29, 0.717) is 23.0 Å². The maximum absolute atomic E-state index is 13.1. The summed E-state index contributed by atoms with van der Waals surface area (Å²) >= 11 is 0. The third-order valence-corrected chi connectivity index (χ3v) is 3.08. The largest absolute Gasteiger partial charge is 0.339 e. The third kappa shape index (κ3) is 3.54. The van der Waals surface area contributed by atoms with Gasteiger partial charge in [-0.15, -0.1) is 0 Å². The molecule has 122 valence electrons. The number of urea groups is 1. The molecule has 1 heterocycles. The highest BCUT2D eigenvalue weighted by Crippen LogP contribution is 2.20. The van der Waals surface area contributed by atoms with Gasteiger partial charge in [0.1, 0.15) is 0 Å². The van der Waals surface area contributed by atoms with Crippen LogP contribution in [-0.2, 0) is 0 Å². The Bertz CT molecular complexity index is 895. The number of benzene rings is 2. The maximum atomic E-state index is 13.1. The molecule has 2 amide bonds. The second-order valence-corrected chi connectivity index (χ2v) is 4.93. The van der Waals surface area contributed by atoms with Crippen molar-refractivity contribution in [2.75, 3.05) is 10.6 Å². The summed E-state index contributed by atoms with van der Waals surface area (Å²) in [5.74, 6) is -1.19. The molecule has 0 bridgehead atoms. The smallest absolute Gasteiger partial charge is 0.323 e. The first-order chi connectivity index (χ1) is 11.5. The number of nitrogens with one attached hydrogen (secondary N) is 2. The van der Waals surface area contributed by atoms with Crippen molar-refractivity contribution in [3.8, 4) is 11.4 Å². The van der Waals surface area contributed by atoms with Crippen molar-refractivity contribution in [2.45, 2.75) is 6.92 Å². The van der Waals surface area contributed by atoms with Crippen molar-refractivity contribution in [1.82, 2.24) is 10.1 Å². The Kier molecular flexibility index (Phi) is 4.19. The van der Waals surface area contributed by atoms with Crippen LogP contribution in [0.25, 0.3) is 11.4 Å². The third-order valence-electron chi connectivity index (χ3n) is 3.08. The Balaban J connectivity index is 1.71. The molecule has 0 saturated carbocycles. The zero-order chi connectivity index (χ0) is 17.1. The fourth-order valence-corrected chi connectivity index (χ4v) is 2.02. The van der Waals surface area contributed by atoms with Crippen molar-refractivity contribution in [2.24, 2.45) is 0 Å². The summed E-state index contributed by atoms with van der Waals surface area (Å²) in [6.07, 6.45) is 0. The van der Waals surface area contributed by atoms with Crippen LogP contribution in [0.1, 0.15) is 5.89 Å². The van der Waals surface area contributed by atoms with E-state index in [1.165, 1.54) is 6.07 Å². The predicted molar refractivity (Wildman–Crippen MR) is 83.5 cm³/mol. The zero-order valence-electron chi connectivity index (χ0n) is 12.5. The van der Waals surface area contributed by atoms with E-state index in [9.17, 15) is 13.6 Å². The number of nitrogens with zero attached hydrogens (tertiary/aromatic N) is 2. The lowest BCUT2D eigenvalue weighted by Crippen LogP contribution is -2.19. The lowest BCUT2D eigenvalue weighted by Gasteiger charge is -2.08. The van der Waals surface area contributed by atoms with Crippen molar-refractivity contribution >= 4 is 17.4 Å². The first kappa shape index (κ1) is 15.6. The summed E-state index contributed by atoms with van der Waals surface area (Å²) < 4.78 is 30.9. The van der Waals surface area contributed by atoms with E-state index in [1.807, 2.05) is 0 Å². The molecule has 2 N–H and O–H groups in total. The van der Waals surface area contributed by atoms with Gasteiger partial charge in [0.2, 0.25) is 11.7 Å². The molecule has 3 aromatic rings. The molecule has 1 aromatic heterocycles. The van der Waals surface area contributed by atoms with Crippen LogP contribution in [0.4, 0.5) is 25.0 Å². The minimum Gasteiger partial charge on any atom is -0.339 e. The van der Waals surface area contributed by atoms with Gasteiger partial charge in [-0.25, -0.2) is 13.6 Å². The Hall–Kier alpha value is -3.29. The first-order valence-electron chi connectivity index (χ1n) is 6.95. The molecule has 3 rings (SSSR count). The van der Waals surface area contributed by atoms with Crippen LogP contribution in [0, 0.1) is 18.6 Å². The van der Waals surface area contributed by atoms with Crippen molar-refractivity contribution in [3.05, 3.63) is 60.0 Å². The molecule has 0 atom stereocenters. The summed E-state index contributed by atoms with van der Waals surface area (Å²) in [7, 11) is 0. The van der Waals surface area contributed by atoms with Crippen LogP contribution in [0.2, 0.25) is 0 Å². The molecule has 0 radical (unpaired) electrons. The molecule has 0 aliphatic heterocycles. The minimum atomic E-state index is -1.04. The van der Waals surface area contributed by atoms with Gasteiger partial charge in [0.15, 0.2) is 11.6 Å². The van der Waals surface area contributed by atoms with E-state index in [4.69, 9.17) is 4.52 Å². The van der Waals surface area contributed by atoms with E-state index in [-0.39, 0.29) is 5.69 Å². The molecule has 24 heavy (non-hydrogen) atoms. The van der Waals surface area contributed by atoms with Gasteiger partial charge in [0, 0.05) is 29.9 Å². The average Bonchev–Trinajstić information content (AvgIpc) is 2.98. The van der Waals surface area contributed by atoms with Gasteiger partial charge in [0.25, 0.3) is 0 Å². The van der Waals surface area contributed by atoms with E-state index in [2.05, 4.69) is 20.8 Å². The average molecular weight is 330 g/mol. The van der Waals surface area contributed by atoms with Crippen LogP contribution >= 0.6 is 0 Å². The Morgan fingerprint density at radius 2 is 1.79 bits per heavy atom. The van der Waals surface area contributed by atoms with Crippen LogP contribution in [0.3, 0.4) is 0 Å². The Labute approximate surface area is 135 Å². The molecule has 8 heteroatoms. The van der Waals surface area contributed by atoms with Crippen LogP contribution in [0.5, 0.6) is 0 Å². The molecule has 2 aromatic carbocycles. The Morgan fingerprint density at radius 3 is 2.46 bits per heavy atom. The number of aromatic nitrogens is 2. The van der Waals surface area contributed by atoms with E-state index in [0.717, 1.165) is 12.1 Å². The van der Waals surface area contributed by atoms with Crippen molar-refractivity contribution in [3.63, 3.8) is 0 Å². The zero-order valence-corrected chi connectivity index (χ0v) is 12.5. The number of anilines is 2. The van der Waals surface area contributed by atoms with Gasteiger partial charge in [-0.2, -0.15) is 4.98 Å². The SMILES string of the molecule is Cc1nc(-c2cccc(NC(=O)Nc3ccc(F)c(F)c3)c2)no1. The van der Waals surface area contributed by atoms with Gasteiger partial charge in [-0.3, -0.25) is 0 Å². The van der Waals surface area contributed by atoms with Gasteiger partial charge in [0.05, 0.1) is 0 Å². The second kappa shape index (κ2) is 6.45. The maximum Gasteiger partial charge on any atom is 0.323 e. The summed E-state index contributed by atoms with van der Waals surface area (Å²) in [5, 5.41) is 8.80. The molecule has 0 aliphatic carbocycles. The highest BCUT2D eigenvalue weighted by molar-refractivity contribution is 6.00. The number of hydrogen-bond acceptors (Lipinski definition) is 4. The monoisotopic (exact) mass is 330 g/mol. The number of carbonyl (C=O) groups is 1. The number of hydrogen-bond donors (Lipinski definition) is 2. The molecular weight excluding hydrogens is 318 g/mol. The molecule has 0 spiro atoms. The number of aryl methyl sites for hydroxylation is 1. The number of halogens is 2. The molecule has 0 unspecified atom stereocenters. The lowest BCUT2D eigenvalue weighted by atomic mass is 10.2. The first-order valence-corrected chi connectivity index (χ1v) is 6.95. The van der Waals surface area contributed by atoms with Gasteiger partial charge in [-0.1, -0.05) is 17.3 Å². The predicted octanol–water partition coefficient (Wildman–Crippen LogP) is 3.97. The highest BCUT2D eigenvalue weighted by Gasteiger charge is 2.09. The molecule has 0 aliphatic rings. The highest BCUT2D eigenvalue weighted by atomic mass is 19.2. The summed E-state index contributed by atoms with van der Waals surface area (Å²) in [6, 6.07) is 9.31. The van der Waals surface area contributed by atoms with E-state index >= 15 is 0 Å². The minimum absolute atomic E-state index is 0.136. The van der Waals surface area contributed by atoms with Crippen molar-refractivity contribution in [1.29, 1.82) is 0 Å². The molecular formula is C16H12F2N4O2. The second-order valence-electron chi connectivity index (χ2n) is 4.93. The van der Waals surface area contributed by atoms with Crippen LogP contribution in [0.15, 0.2) is 47.0 Å². The van der Waals surface area contributed by atoms with Gasteiger partial charge in [-0.05, 0) is 24.3 Å². The van der Waals surface area contributed by atoms with E-state index in [1.54, 1.807) is 31.2 Å². The fraction of sp³-hybridized carbons (Fsp3) is 0.0625. The van der Waals surface area contributed by atoms with Crippen molar-refractivity contribution < 1.29 is 18.1 Å². The normalized spacial score (nSPS) is 10.5. The standard InChI is InChI=1S/C16H12F2N4O2/c1-9-19-15(22-24-9)10-3-2-4-11(7-10)20-16(23)21-12-5-6-13(17)14(18)8-12/h2-8H,1H3,(H2,20,21,23). The number of amides is 2. The summed E-state index contributed by atoms with van der Waals surface area (Å²) in [5.41, 5.74) is 1.28.